The largest absolute Gasteiger partial charge is 0.367 e. The number of fused-ring (bicyclic) bond motifs is 1. The van der Waals surface area contributed by atoms with Gasteiger partial charge in [0.05, 0.1) is 11.9 Å². The van der Waals surface area contributed by atoms with Crippen molar-refractivity contribution in [3.63, 3.8) is 0 Å². The molecule has 4 rings (SSSR count). The summed E-state index contributed by atoms with van der Waals surface area (Å²) in [6, 6.07) is 8.02. The Morgan fingerprint density at radius 3 is 2.93 bits per heavy atom. The predicted molar refractivity (Wildman–Crippen MR) is 104 cm³/mol. The van der Waals surface area contributed by atoms with Gasteiger partial charge in [-0.2, -0.15) is 0 Å². The van der Waals surface area contributed by atoms with Crippen LogP contribution < -0.4 is 5.32 Å². The summed E-state index contributed by atoms with van der Waals surface area (Å²) in [6.07, 6.45) is 8.98. The lowest BCUT2D eigenvalue weighted by Gasteiger charge is -2.25. The van der Waals surface area contributed by atoms with Crippen LogP contribution in [-0.2, 0) is 4.79 Å². The van der Waals surface area contributed by atoms with Gasteiger partial charge < -0.3 is 10.2 Å². The summed E-state index contributed by atoms with van der Waals surface area (Å²) >= 11 is 0. The highest BCUT2D eigenvalue weighted by Crippen LogP contribution is 2.21. The van der Waals surface area contributed by atoms with Crippen LogP contribution >= 0.6 is 0 Å². The van der Waals surface area contributed by atoms with Crippen LogP contribution in [0.2, 0.25) is 0 Å². The average Bonchev–Trinajstić information content (AvgIpc) is 3.34. The molecule has 0 aliphatic carbocycles. The first-order valence-corrected chi connectivity index (χ1v) is 9.55. The van der Waals surface area contributed by atoms with Crippen LogP contribution in [0.3, 0.4) is 0 Å². The molecule has 140 valence electrons. The van der Waals surface area contributed by atoms with Gasteiger partial charge in [-0.15, -0.1) is 5.10 Å². The molecule has 3 aromatic heterocycles. The molecule has 1 N–H and O–H groups in total. The summed E-state index contributed by atoms with van der Waals surface area (Å²) in [5.41, 5.74) is 2.75. The minimum atomic E-state index is 0.240. The maximum Gasteiger partial charge on any atom is 0.222 e. The Bertz CT molecular complexity index is 923. The number of anilines is 1. The molecule has 0 aromatic carbocycles. The SMILES string of the molecule is CCCC(=O)N1CCC[C@H]1CNc1ccc2ncc(-c3ccncc3)n2n1. The van der Waals surface area contributed by atoms with Crippen molar-refractivity contribution in [1.29, 1.82) is 0 Å². The number of aromatic nitrogens is 4. The molecule has 7 nitrogen and oxygen atoms in total. The number of hydrogen-bond donors (Lipinski definition) is 1. The molecule has 0 unspecified atom stereocenters. The van der Waals surface area contributed by atoms with E-state index in [1.807, 2.05) is 46.8 Å². The van der Waals surface area contributed by atoms with Crippen LogP contribution in [0.1, 0.15) is 32.6 Å². The van der Waals surface area contributed by atoms with Gasteiger partial charge in [0.15, 0.2) is 5.65 Å². The molecular weight excluding hydrogens is 340 g/mol. The van der Waals surface area contributed by atoms with E-state index in [2.05, 4.69) is 15.3 Å². The smallest absolute Gasteiger partial charge is 0.222 e. The Morgan fingerprint density at radius 2 is 2.11 bits per heavy atom. The minimum Gasteiger partial charge on any atom is -0.367 e. The van der Waals surface area contributed by atoms with Crippen LogP contribution in [0.5, 0.6) is 0 Å². The molecule has 3 aromatic rings. The van der Waals surface area contributed by atoms with Gasteiger partial charge in [-0.25, -0.2) is 9.50 Å². The standard InChI is InChI=1S/C20H24N6O/c1-2-4-20(27)25-12-3-5-16(25)13-22-18-6-7-19-23-14-17(26(19)24-18)15-8-10-21-11-9-15/h6-11,14,16H,2-5,12-13H2,1H3,(H,22,24)/t16-/m0/s1. The Morgan fingerprint density at radius 1 is 1.26 bits per heavy atom. The van der Waals surface area contributed by atoms with E-state index in [1.165, 1.54) is 0 Å². The second kappa shape index (κ2) is 7.73. The molecule has 1 aliphatic heterocycles. The molecule has 1 aliphatic rings. The maximum absolute atomic E-state index is 12.3. The second-order valence-electron chi connectivity index (χ2n) is 6.88. The highest BCUT2D eigenvalue weighted by atomic mass is 16.2. The molecule has 1 saturated heterocycles. The van der Waals surface area contributed by atoms with Crippen molar-refractivity contribution in [2.45, 2.75) is 38.6 Å². The Balaban J connectivity index is 1.50. The lowest BCUT2D eigenvalue weighted by molar-refractivity contribution is -0.131. The van der Waals surface area contributed by atoms with Crippen molar-refractivity contribution < 1.29 is 4.79 Å². The average molecular weight is 364 g/mol. The van der Waals surface area contributed by atoms with E-state index in [-0.39, 0.29) is 11.9 Å². The van der Waals surface area contributed by atoms with E-state index in [4.69, 9.17) is 5.10 Å². The number of amides is 1. The molecule has 4 heterocycles. The monoisotopic (exact) mass is 364 g/mol. The molecule has 27 heavy (non-hydrogen) atoms. The third-order valence-corrected chi connectivity index (χ3v) is 5.02. The number of imidazole rings is 1. The molecule has 7 heteroatoms. The Kier molecular flexibility index (Phi) is 5.00. The fraction of sp³-hybridized carbons (Fsp3) is 0.400. The van der Waals surface area contributed by atoms with Gasteiger partial charge in [0.1, 0.15) is 5.82 Å². The first kappa shape index (κ1) is 17.5. The fourth-order valence-electron chi connectivity index (χ4n) is 3.64. The number of rotatable bonds is 6. The predicted octanol–water partition coefficient (Wildman–Crippen LogP) is 2.99. The highest BCUT2D eigenvalue weighted by molar-refractivity contribution is 5.76. The molecule has 0 saturated carbocycles. The molecule has 1 fully saturated rings. The number of nitrogens with one attached hydrogen (secondary N) is 1. The number of nitrogens with zero attached hydrogens (tertiary/aromatic N) is 5. The van der Waals surface area contributed by atoms with Gasteiger partial charge in [0, 0.05) is 43.5 Å². The van der Waals surface area contributed by atoms with E-state index >= 15 is 0 Å². The molecule has 0 bridgehead atoms. The Hall–Kier alpha value is -2.96. The summed E-state index contributed by atoms with van der Waals surface area (Å²) in [5, 5.41) is 8.11. The number of likely N-dealkylation sites (tertiary alicyclic amines) is 1. The molecule has 0 spiro atoms. The van der Waals surface area contributed by atoms with Gasteiger partial charge in [0.2, 0.25) is 5.91 Å². The van der Waals surface area contributed by atoms with Crippen LogP contribution in [0.15, 0.2) is 42.9 Å². The molecule has 0 radical (unpaired) electrons. The van der Waals surface area contributed by atoms with Crippen LogP contribution in [0.4, 0.5) is 5.82 Å². The van der Waals surface area contributed by atoms with Crippen LogP contribution in [0, 0.1) is 0 Å². The molecule has 1 atom stereocenters. The molecular formula is C20H24N6O. The third-order valence-electron chi connectivity index (χ3n) is 5.02. The Labute approximate surface area is 158 Å². The highest BCUT2D eigenvalue weighted by Gasteiger charge is 2.27. The quantitative estimate of drug-likeness (QED) is 0.728. The number of hydrogen-bond acceptors (Lipinski definition) is 5. The van der Waals surface area contributed by atoms with Crippen molar-refractivity contribution in [2.75, 3.05) is 18.4 Å². The van der Waals surface area contributed by atoms with E-state index in [0.717, 1.165) is 48.5 Å². The fourth-order valence-corrected chi connectivity index (χ4v) is 3.64. The van der Waals surface area contributed by atoms with Crippen LogP contribution in [0.25, 0.3) is 16.9 Å². The van der Waals surface area contributed by atoms with Crippen molar-refractivity contribution >= 4 is 17.4 Å². The van der Waals surface area contributed by atoms with Gasteiger partial charge >= 0.3 is 0 Å². The van der Waals surface area contributed by atoms with Gasteiger partial charge in [-0.3, -0.25) is 9.78 Å². The summed E-state index contributed by atoms with van der Waals surface area (Å²) in [6.45, 7) is 3.63. The minimum absolute atomic E-state index is 0.240. The third kappa shape index (κ3) is 3.63. The number of carbonyl (C=O) groups is 1. The summed E-state index contributed by atoms with van der Waals surface area (Å²) in [4.78, 5) is 22.8. The van der Waals surface area contributed by atoms with E-state index < -0.39 is 0 Å². The topological polar surface area (TPSA) is 75.4 Å². The van der Waals surface area contributed by atoms with Crippen molar-refractivity contribution in [1.82, 2.24) is 24.5 Å². The van der Waals surface area contributed by atoms with E-state index in [9.17, 15) is 4.79 Å². The first-order valence-electron chi connectivity index (χ1n) is 9.55. The van der Waals surface area contributed by atoms with Crippen molar-refractivity contribution in [3.8, 4) is 11.3 Å². The summed E-state index contributed by atoms with van der Waals surface area (Å²) in [5.74, 6) is 1.05. The van der Waals surface area contributed by atoms with Gasteiger partial charge in [0.25, 0.3) is 0 Å². The molecule has 1 amide bonds. The van der Waals surface area contributed by atoms with Crippen LogP contribution in [-0.4, -0.2) is 49.5 Å². The van der Waals surface area contributed by atoms with Crippen molar-refractivity contribution in [3.05, 3.63) is 42.9 Å². The van der Waals surface area contributed by atoms with Gasteiger partial charge in [-0.05, 0) is 43.5 Å². The van der Waals surface area contributed by atoms with Gasteiger partial charge in [-0.1, -0.05) is 6.92 Å². The summed E-state index contributed by atoms with van der Waals surface area (Å²) < 4.78 is 1.84. The number of pyridine rings is 1. The number of carbonyl (C=O) groups excluding carboxylic acids is 1. The van der Waals surface area contributed by atoms with E-state index in [1.54, 1.807) is 12.4 Å². The zero-order valence-electron chi connectivity index (χ0n) is 15.5. The lowest BCUT2D eigenvalue weighted by Crippen LogP contribution is -2.39. The van der Waals surface area contributed by atoms with E-state index in [0.29, 0.717) is 13.0 Å². The maximum atomic E-state index is 12.3. The zero-order chi connectivity index (χ0) is 18.6. The summed E-state index contributed by atoms with van der Waals surface area (Å²) in [7, 11) is 0. The second-order valence-corrected chi connectivity index (χ2v) is 6.88. The first-order chi connectivity index (χ1) is 13.3. The lowest BCUT2D eigenvalue weighted by atomic mass is 10.2. The zero-order valence-corrected chi connectivity index (χ0v) is 15.5. The van der Waals surface area contributed by atoms with Crippen molar-refractivity contribution in [2.24, 2.45) is 0 Å². The normalized spacial score (nSPS) is 16.8.